The average Bonchev–Trinajstić information content (AvgIpc) is 2.28. The third kappa shape index (κ3) is 2.98. The molecule has 1 atom stereocenters. The molecule has 0 amide bonds. The van der Waals surface area contributed by atoms with Crippen molar-refractivity contribution >= 4 is 11.6 Å². The minimum atomic E-state index is 0.346. The summed E-state index contributed by atoms with van der Waals surface area (Å²) in [5.41, 5.74) is 1.82. The zero-order chi connectivity index (χ0) is 14.0. The summed E-state index contributed by atoms with van der Waals surface area (Å²) in [6.07, 6.45) is 5.23. The van der Waals surface area contributed by atoms with Crippen LogP contribution in [0.1, 0.15) is 45.1 Å². The van der Waals surface area contributed by atoms with Crippen molar-refractivity contribution < 1.29 is 0 Å². The van der Waals surface area contributed by atoms with Gasteiger partial charge in [-0.1, -0.05) is 44.0 Å². The van der Waals surface area contributed by atoms with Gasteiger partial charge in [0, 0.05) is 16.5 Å². The van der Waals surface area contributed by atoms with E-state index >= 15 is 0 Å². The summed E-state index contributed by atoms with van der Waals surface area (Å²) in [5, 5.41) is 0.837. The van der Waals surface area contributed by atoms with Gasteiger partial charge in [-0.25, -0.2) is 0 Å². The first-order valence-electron chi connectivity index (χ1n) is 7.38. The smallest absolute Gasteiger partial charge is 0.0406 e. The summed E-state index contributed by atoms with van der Waals surface area (Å²) >= 11 is 6.04. The van der Waals surface area contributed by atoms with Gasteiger partial charge in [-0.2, -0.15) is 0 Å². The third-order valence-corrected chi connectivity index (χ3v) is 4.87. The van der Waals surface area contributed by atoms with E-state index in [0.29, 0.717) is 11.5 Å². The lowest BCUT2D eigenvalue weighted by atomic mass is 9.58. The summed E-state index contributed by atoms with van der Waals surface area (Å²) < 4.78 is 0. The number of hydrogen-bond donors (Lipinski definition) is 0. The van der Waals surface area contributed by atoms with Crippen molar-refractivity contribution in [1.29, 1.82) is 0 Å². The normalized spacial score (nSPS) is 19.5. The highest BCUT2D eigenvalue weighted by Gasteiger charge is 2.46. The fraction of sp³-hybridized carbons (Fsp3) is 0.647. The minimum Gasteiger partial charge on any atom is -0.306 e. The largest absolute Gasteiger partial charge is 0.306 e. The van der Waals surface area contributed by atoms with Crippen LogP contribution >= 0.6 is 11.6 Å². The minimum absolute atomic E-state index is 0.346. The summed E-state index contributed by atoms with van der Waals surface area (Å²) in [6, 6.07) is 9.18. The first-order valence-corrected chi connectivity index (χ1v) is 7.76. The van der Waals surface area contributed by atoms with E-state index in [0.717, 1.165) is 10.9 Å². The molecule has 0 saturated heterocycles. The molecule has 1 aromatic carbocycles. The number of halogens is 1. The van der Waals surface area contributed by atoms with E-state index in [-0.39, 0.29) is 0 Å². The van der Waals surface area contributed by atoms with Gasteiger partial charge < -0.3 is 4.90 Å². The molecule has 0 unspecified atom stereocenters. The van der Waals surface area contributed by atoms with Crippen molar-refractivity contribution in [2.45, 2.75) is 51.0 Å². The molecule has 0 radical (unpaired) electrons. The number of nitrogens with zero attached hydrogens (tertiary/aromatic N) is 1. The Hall–Kier alpha value is -0.530. The van der Waals surface area contributed by atoms with E-state index in [1.807, 2.05) is 12.1 Å². The molecule has 1 saturated carbocycles. The zero-order valence-electron chi connectivity index (χ0n) is 12.6. The van der Waals surface area contributed by atoms with Crippen LogP contribution in [0.5, 0.6) is 0 Å². The molecular weight excluding hydrogens is 254 g/mol. The molecule has 19 heavy (non-hydrogen) atoms. The van der Waals surface area contributed by atoms with Gasteiger partial charge in [0.25, 0.3) is 0 Å². The molecule has 0 N–H and O–H groups in total. The van der Waals surface area contributed by atoms with Crippen molar-refractivity contribution in [2.75, 3.05) is 14.1 Å². The Labute approximate surface area is 123 Å². The van der Waals surface area contributed by atoms with Crippen LogP contribution in [0, 0.1) is 5.92 Å². The highest BCUT2D eigenvalue weighted by atomic mass is 35.5. The van der Waals surface area contributed by atoms with Crippen molar-refractivity contribution in [3.8, 4) is 0 Å². The number of benzene rings is 1. The van der Waals surface area contributed by atoms with Crippen molar-refractivity contribution in [3.63, 3.8) is 0 Å². The van der Waals surface area contributed by atoms with Crippen LogP contribution in [0.25, 0.3) is 0 Å². The van der Waals surface area contributed by atoms with E-state index in [1.54, 1.807) is 0 Å². The summed E-state index contributed by atoms with van der Waals surface area (Å²) in [5.74, 6) is 0.733. The fourth-order valence-corrected chi connectivity index (χ4v) is 3.66. The van der Waals surface area contributed by atoms with Crippen LogP contribution in [0.3, 0.4) is 0 Å². The fourth-order valence-electron chi connectivity index (χ4n) is 3.53. The summed E-state index contributed by atoms with van der Waals surface area (Å²) in [6.45, 7) is 4.65. The van der Waals surface area contributed by atoms with Crippen LogP contribution in [0.4, 0.5) is 0 Å². The van der Waals surface area contributed by atoms with E-state index in [9.17, 15) is 0 Å². The van der Waals surface area contributed by atoms with Gasteiger partial charge in [0.1, 0.15) is 0 Å². The number of hydrogen-bond acceptors (Lipinski definition) is 1. The molecule has 1 aliphatic carbocycles. The lowest BCUT2D eigenvalue weighted by Gasteiger charge is -2.51. The first-order chi connectivity index (χ1) is 8.95. The summed E-state index contributed by atoms with van der Waals surface area (Å²) in [7, 11) is 4.45. The van der Waals surface area contributed by atoms with Gasteiger partial charge >= 0.3 is 0 Å². The molecule has 0 aliphatic heterocycles. The van der Waals surface area contributed by atoms with E-state index < -0.39 is 0 Å². The zero-order valence-corrected chi connectivity index (χ0v) is 13.4. The Bertz CT molecular complexity index is 404. The van der Waals surface area contributed by atoms with Crippen LogP contribution in [-0.2, 0) is 5.41 Å². The molecule has 2 heteroatoms. The van der Waals surface area contributed by atoms with Gasteiger partial charge in [0.2, 0.25) is 0 Å². The Morgan fingerprint density at radius 2 is 1.74 bits per heavy atom. The van der Waals surface area contributed by atoms with Gasteiger partial charge in [-0.3, -0.25) is 0 Å². The molecular formula is C17H26ClN. The monoisotopic (exact) mass is 279 g/mol. The Kier molecular flexibility index (Phi) is 4.58. The molecule has 0 aromatic heterocycles. The summed E-state index contributed by atoms with van der Waals surface area (Å²) in [4.78, 5) is 2.42. The molecule has 1 nitrogen and oxygen atoms in total. The maximum Gasteiger partial charge on any atom is 0.0406 e. The quantitative estimate of drug-likeness (QED) is 0.753. The second-order valence-electron chi connectivity index (χ2n) is 6.63. The van der Waals surface area contributed by atoms with Crippen molar-refractivity contribution in [3.05, 3.63) is 34.9 Å². The Morgan fingerprint density at radius 1 is 1.16 bits per heavy atom. The molecule has 0 spiro atoms. The maximum atomic E-state index is 6.04. The molecule has 0 bridgehead atoms. The Balaban J connectivity index is 2.31. The van der Waals surface area contributed by atoms with E-state index in [1.165, 1.54) is 31.2 Å². The predicted octanol–water partition coefficient (Wildman–Crippen LogP) is 4.74. The molecule has 106 valence electrons. The molecule has 2 rings (SSSR count). The SMILES string of the molecule is CC(C)C[C@H](N(C)C)C1(c2ccc(Cl)cc2)CCC1. The van der Waals surface area contributed by atoms with E-state index in [4.69, 9.17) is 11.6 Å². The lowest BCUT2D eigenvalue weighted by Crippen LogP contribution is -2.52. The molecule has 0 heterocycles. The maximum absolute atomic E-state index is 6.04. The lowest BCUT2D eigenvalue weighted by molar-refractivity contribution is 0.0808. The van der Waals surface area contributed by atoms with Crippen LogP contribution in [-0.4, -0.2) is 25.0 Å². The second kappa shape index (κ2) is 5.85. The van der Waals surface area contributed by atoms with E-state index in [2.05, 4.69) is 45.0 Å². The van der Waals surface area contributed by atoms with Gasteiger partial charge in [-0.05, 0) is 57.0 Å². The van der Waals surface area contributed by atoms with Gasteiger partial charge in [0.05, 0.1) is 0 Å². The molecule has 1 fully saturated rings. The second-order valence-corrected chi connectivity index (χ2v) is 7.06. The first kappa shape index (κ1) is 14.9. The predicted molar refractivity (Wildman–Crippen MR) is 83.9 cm³/mol. The Morgan fingerprint density at radius 3 is 2.11 bits per heavy atom. The van der Waals surface area contributed by atoms with Gasteiger partial charge in [-0.15, -0.1) is 0 Å². The van der Waals surface area contributed by atoms with Crippen molar-refractivity contribution in [1.82, 2.24) is 4.90 Å². The van der Waals surface area contributed by atoms with Crippen LogP contribution in [0.2, 0.25) is 5.02 Å². The van der Waals surface area contributed by atoms with Crippen molar-refractivity contribution in [2.24, 2.45) is 5.92 Å². The standard InChI is InChI=1S/C17H26ClN/c1-13(2)12-16(19(3)4)17(10-5-11-17)14-6-8-15(18)9-7-14/h6-9,13,16H,5,10-12H2,1-4H3/t16-/m0/s1. The third-order valence-electron chi connectivity index (χ3n) is 4.62. The molecule has 1 aromatic rings. The van der Waals surface area contributed by atoms with Crippen LogP contribution in [0.15, 0.2) is 24.3 Å². The highest BCUT2D eigenvalue weighted by Crippen LogP contribution is 2.49. The highest BCUT2D eigenvalue weighted by molar-refractivity contribution is 6.30. The van der Waals surface area contributed by atoms with Crippen LogP contribution < -0.4 is 0 Å². The number of likely N-dealkylation sites (N-methyl/N-ethyl adjacent to an activating group) is 1. The topological polar surface area (TPSA) is 3.24 Å². The van der Waals surface area contributed by atoms with Gasteiger partial charge in [0.15, 0.2) is 0 Å². The molecule has 1 aliphatic rings. The number of rotatable bonds is 5. The average molecular weight is 280 g/mol.